The number of benzene rings is 1. The Morgan fingerprint density at radius 1 is 1.23 bits per heavy atom. The number of ketones is 1. The summed E-state index contributed by atoms with van der Waals surface area (Å²) < 4.78 is 23.5. The van der Waals surface area contributed by atoms with E-state index in [9.17, 15) is 18.6 Å². The number of rotatable bonds is 5. The molecule has 0 radical (unpaired) electrons. The Hall–Kier alpha value is -2.65. The molecule has 1 aromatic heterocycles. The van der Waals surface area contributed by atoms with Crippen molar-refractivity contribution in [3.05, 3.63) is 56.5 Å². The molecule has 10 heteroatoms. The molecule has 0 saturated carbocycles. The summed E-state index contributed by atoms with van der Waals surface area (Å²) in [6, 6.07) is 3.01. The molecule has 1 aliphatic rings. The summed E-state index contributed by atoms with van der Waals surface area (Å²) in [5.74, 6) is -0.254. The second-order valence-electron chi connectivity index (χ2n) is 6.93. The van der Waals surface area contributed by atoms with Crippen molar-refractivity contribution in [1.82, 2.24) is 9.78 Å². The van der Waals surface area contributed by atoms with Gasteiger partial charge >= 0.3 is 5.97 Å². The lowest BCUT2D eigenvalue weighted by atomic mass is 10.0. The standard InChI is InChI=1S/C20H22ClN3O5S/c1-24-20(27)15(12-22-24)19(26)14-8-6-13(7-9-16(25)29-2)18(17(14)21)23-30(28)10-4-3-5-11-30/h6-9,12,22H,3-5,10-11H2,1-2H3/b9-7+. The Morgan fingerprint density at radius 2 is 1.93 bits per heavy atom. The van der Waals surface area contributed by atoms with Gasteiger partial charge in [0.15, 0.2) is 0 Å². The Labute approximate surface area is 179 Å². The van der Waals surface area contributed by atoms with Crippen LogP contribution in [0, 0.1) is 0 Å². The maximum absolute atomic E-state index is 13.2. The molecule has 0 aliphatic carbocycles. The highest BCUT2D eigenvalue weighted by Gasteiger charge is 2.23. The largest absolute Gasteiger partial charge is 0.466 e. The maximum Gasteiger partial charge on any atom is 0.330 e. The van der Waals surface area contributed by atoms with Gasteiger partial charge < -0.3 is 9.84 Å². The first-order valence-electron chi connectivity index (χ1n) is 9.36. The molecular weight excluding hydrogens is 430 g/mol. The quantitative estimate of drug-likeness (QED) is 0.426. The van der Waals surface area contributed by atoms with E-state index in [0.29, 0.717) is 17.1 Å². The number of aromatic amines is 1. The highest BCUT2D eigenvalue weighted by atomic mass is 35.5. The number of aryl methyl sites for hydroxylation is 1. The molecule has 2 heterocycles. The SMILES string of the molecule is COC(=O)/C=C/c1ccc(C(=O)c2c[nH]n(C)c2=O)c(Cl)c1N=S1(=O)CCCCC1. The second kappa shape index (κ2) is 9.01. The van der Waals surface area contributed by atoms with Gasteiger partial charge in [-0.3, -0.25) is 14.3 Å². The van der Waals surface area contributed by atoms with Crippen LogP contribution < -0.4 is 5.56 Å². The fourth-order valence-corrected chi connectivity index (χ4v) is 5.75. The average molecular weight is 452 g/mol. The van der Waals surface area contributed by atoms with Crippen molar-refractivity contribution in [2.24, 2.45) is 11.4 Å². The fraction of sp³-hybridized carbons (Fsp3) is 0.350. The number of nitrogens with zero attached hydrogens (tertiary/aromatic N) is 2. The second-order valence-corrected chi connectivity index (χ2v) is 9.86. The fourth-order valence-electron chi connectivity index (χ4n) is 3.17. The predicted molar refractivity (Wildman–Crippen MR) is 116 cm³/mol. The first kappa shape index (κ1) is 22.0. The van der Waals surface area contributed by atoms with Gasteiger partial charge in [0.05, 0.1) is 27.5 Å². The molecule has 8 nitrogen and oxygen atoms in total. The van der Waals surface area contributed by atoms with E-state index in [-0.39, 0.29) is 21.8 Å². The molecule has 160 valence electrons. The van der Waals surface area contributed by atoms with Gasteiger partial charge in [-0.25, -0.2) is 9.00 Å². The van der Waals surface area contributed by atoms with Crippen molar-refractivity contribution in [3.63, 3.8) is 0 Å². The Kier molecular flexibility index (Phi) is 6.62. The van der Waals surface area contributed by atoms with Crippen LogP contribution in [0.1, 0.15) is 40.7 Å². The third-order valence-corrected chi connectivity index (χ3v) is 7.61. The van der Waals surface area contributed by atoms with Crippen LogP contribution in [-0.2, 0) is 26.3 Å². The van der Waals surface area contributed by atoms with E-state index in [4.69, 9.17) is 11.6 Å². The van der Waals surface area contributed by atoms with E-state index in [1.54, 1.807) is 6.07 Å². The van der Waals surface area contributed by atoms with E-state index in [0.717, 1.165) is 19.3 Å². The maximum atomic E-state index is 13.2. The number of carbonyl (C=O) groups excluding carboxylic acids is 2. The highest BCUT2D eigenvalue weighted by Crippen LogP contribution is 2.36. The number of nitrogens with one attached hydrogen (secondary N) is 1. The van der Waals surface area contributed by atoms with Crippen LogP contribution in [0.2, 0.25) is 5.02 Å². The van der Waals surface area contributed by atoms with Crippen molar-refractivity contribution in [2.75, 3.05) is 18.6 Å². The highest BCUT2D eigenvalue weighted by molar-refractivity contribution is 7.93. The zero-order valence-corrected chi connectivity index (χ0v) is 18.2. The van der Waals surface area contributed by atoms with Crippen molar-refractivity contribution in [2.45, 2.75) is 19.3 Å². The molecule has 1 fully saturated rings. The molecule has 1 saturated heterocycles. The lowest BCUT2D eigenvalue weighted by molar-refractivity contribution is -0.134. The van der Waals surface area contributed by atoms with E-state index in [2.05, 4.69) is 14.2 Å². The molecular formula is C20H22ClN3O5S. The third-order valence-electron chi connectivity index (χ3n) is 4.86. The number of H-pyrrole nitrogens is 1. The molecule has 0 atom stereocenters. The zero-order valence-electron chi connectivity index (χ0n) is 16.6. The topological polar surface area (TPSA) is 111 Å². The van der Waals surface area contributed by atoms with Gasteiger partial charge in [-0.2, -0.15) is 4.36 Å². The van der Waals surface area contributed by atoms with Crippen LogP contribution in [0.25, 0.3) is 6.08 Å². The van der Waals surface area contributed by atoms with Gasteiger partial charge in [0, 0.05) is 42.0 Å². The van der Waals surface area contributed by atoms with Crippen molar-refractivity contribution < 1.29 is 18.5 Å². The molecule has 3 rings (SSSR count). The van der Waals surface area contributed by atoms with Gasteiger partial charge in [0.25, 0.3) is 5.56 Å². The van der Waals surface area contributed by atoms with Crippen LogP contribution in [0.5, 0.6) is 0 Å². The summed E-state index contributed by atoms with van der Waals surface area (Å²) in [4.78, 5) is 36.6. The number of ether oxygens (including phenoxy) is 1. The smallest absolute Gasteiger partial charge is 0.330 e. The zero-order chi connectivity index (χ0) is 21.9. The van der Waals surface area contributed by atoms with Crippen LogP contribution in [0.15, 0.2) is 33.6 Å². The summed E-state index contributed by atoms with van der Waals surface area (Å²) >= 11 is 6.54. The monoisotopic (exact) mass is 451 g/mol. The summed E-state index contributed by atoms with van der Waals surface area (Å²) in [5.41, 5.74) is 0.118. The first-order chi connectivity index (χ1) is 14.3. The number of aromatic nitrogens is 2. The normalized spacial score (nSPS) is 15.8. The minimum Gasteiger partial charge on any atom is -0.466 e. The molecule has 1 aromatic carbocycles. The molecule has 0 unspecified atom stereocenters. The summed E-state index contributed by atoms with van der Waals surface area (Å²) in [5, 5.41) is 2.64. The number of esters is 1. The minimum absolute atomic E-state index is 0.0106. The van der Waals surface area contributed by atoms with E-state index >= 15 is 0 Å². The van der Waals surface area contributed by atoms with Crippen LogP contribution >= 0.6 is 11.6 Å². The molecule has 0 bridgehead atoms. The molecule has 1 N–H and O–H groups in total. The van der Waals surface area contributed by atoms with Gasteiger partial charge in [0.1, 0.15) is 5.56 Å². The summed E-state index contributed by atoms with van der Waals surface area (Å²) in [6.45, 7) is 0. The van der Waals surface area contributed by atoms with Gasteiger partial charge in [0.2, 0.25) is 5.78 Å². The van der Waals surface area contributed by atoms with Crippen LogP contribution in [-0.4, -0.2) is 44.4 Å². The molecule has 0 amide bonds. The minimum atomic E-state index is -2.54. The summed E-state index contributed by atoms with van der Waals surface area (Å²) in [6.07, 6.45) is 6.54. The Bertz CT molecular complexity index is 1190. The Balaban J connectivity index is 2.17. The number of hydrogen-bond acceptors (Lipinski definition) is 6. The average Bonchev–Trinajstić information content (AvgIpc) is 3.06. The van der Waals surface area contributed by atoms with Crippen molar-refractivity contribution in [3.8, 4) is 0 Å². The lowest BCUT2D eigenvalue weighted by Gasteiger charge is -2.17. The molecule has 2 aromatic rings. The van der Waals surface area contributed by atoms with Gasteiger partial charge in [-0.05, 0) is 25.0 Å². The molecule has 30 heavy (non-hydrogen) atoms. The molecule has 1 aliphatic heterocycles. The Morgan fingerprint density at radius 3 is 2.53 bits per heavy atom. The van der Waals surface area contributed by atoms with E-state index < -0.39 is 27.0 Å². The third kappa shape index (κ3) is 4.57. The summed E-state index contributed by atoms with van der Waals surface area (Å²) in [7, 11) is 0.212. The van der Waals surface area contributed by atoms with Crippen molar-refractivity contribution in [1.29, 1.82) is 0 Å². The first-order valence-corrected chi connectivity index (χ1v) is 11.6. The van der Waals surface area contributed by atoms with Crippen LogP contribution in [0.3, 0.4) is 0 Å². The number of hydrogen-bond donors (Lipinski definition) is 1. The lowest BCUT2D eigenvalue weighted by Crippen LogP contribution is -2.19. The predicted octanol–water partition coefficient (Wildman–Crippen LogP) is 3.07. The number of carbonyl (C=O) groups is 2. The number of halogens is 1. The van der Waals surface area contributed by atoms with Gasteiger partial charge in [-0.15, -0.1) is 0 Å². The molecule has 0 spiro atoms. The van der Waals surface area contributed by atoms with E-state index in [1.807, 2.05) is 0 Å². The van der Waals surface area contributed by atoms with Crippen LogP contribution in [0.4, 0.5) is 5.69 Å². The van der Waals surface area contributed by atoms with Crippen molar-refractivity contribution >= 4 is 44.8 Å². The number of methoxy groups -OCH3 is 1. The van der Waals surface area contributed by atoms with E-state index in [1.165, 1.54) is 43.3 Å². The van der Waals surface area contributed by atoms with Gasteiger partial charge in [-0.1, -0.05) is 24.1 Å².